The summed E-state index contributed by atoms with van der Waals surface area (Å²) in [5.41, 5.74) is 0.366. The summed E-state index contributed by atoms with van der Waals surface area (Å²) in [6.07, 6.45) is -3.29. The van der Waals surface area contributed by atoms with Crippen molar-refractivity contribution < 1.29 is 33.4 Å². The molecule has 0 N–H and O–H groups in total. The summed E-state index contributed by atoms with van der Waals surface area (Å²) in [5.74, 6) is -3.84. The lowest BCUT2D eigenvalue weighted by Crippen LogP contribution is -2.37. The van der Waals surface area contributed by atoms with Gasteiger partial charge in [-0.15, -0.1) is 0 Å². The molecule has 1 saturated heterocycles. The fraction of sp³-hybridized carbons (Fsp3) is 0.111. The van der Waals surface area contributed by atoms with Crippen molar-refractivity contribution in [2.45, 2.75) is 12.2 Å². The minimum Gasteiger partial charge on any atom is -0.442 e. The molecule has 0 saturated carbocycles. The Labute approximate surface area is 142 Å². The van der Waals surface area contributed by atoms with Crippen LogP contribution in [0.1, 0.15) is 20.7 Å². The Bertz CT molecular complexity index is 744. The number of carbonyl (C=O) groups is 4. The van der Waals surface area contributed by atoms with E-state index < -0.39 is 36.1 Å². The van der Waals surface area contributed by atoms with Gasteiger partial charge < -0.3 is 14.2 Å². The number of esters is 4. The zero-order valence-corrected chi connectivity index (χ0v) is 12.8. The summed E-state index contributed by atoms with van der Waals surface area (Å²) in [5, 5.41) is 0. The van der Waals surface area contributed by atoms with Crippen LogP contribution < -0.4 is 0 Å². The van der Waals surface area contributed by atoms with E-state index in [1.54, 1.807) is 36.4 Å². The van der Waals surface area contributed by atoms with Crippen molar-refractivity contribution in [3.8, 4) is 0 Å². The topological polar surface area (TPSA) is 96.0 Å². The van der Waals surface area contributed by atoms with E-state index in [9.17, 15) is 19.2 Å². The number of hydrogen-bond donors (Lipinski definition) is 0. The predicted octanol–water partition coefficient (Wildman–Crippen LogP) is 1.52. The second kappa shape index (κ2) is 6.96. The van der Waals surface area contributed by atoms with Gasteiger partial charge in [-0.05, 0) is 24.3 Å². The number of ether oxygens (including phenoxy) is 3. The summed E-state index contributed by atoms with van der Waals surface area (Å²) >= 11 is 0. The summed E-state index contributed by atoms with van der Waals surface area (Å²) in [6.45, 7) is 0. The molecule has 0 spiro atoms. The first-order valence-corrected chi connectivity index (χ1v) is 7.34. The van der Waals surface area contributed by atoms with Crippen molar-refractivity contribution in [2.75, 3.05) is 0 Å². The molecule has 25 heavy (non-hydrogen) atoms. The molecule has 1 heterocycles. The van der Waals surface area contributed by atoms with E-state index >= 15 is 0 Å². The molecule has 7 nitrogen and oxygen atoms in total. The molecule has 1 aliphatic rings. The SMILES string of the molecule is O=C(O[C@H]1C(=O)OC(=O)[C@@H]1OC(=O)c1ccccc1)c1ccccc1. The van der Waals surface area contributed by atoms with E-state index in [1.165, 1.54) is 24.3 Å². The zero-order chi connectivity index (χ0) is 17.8. The van der Waals surface area contributed by atoms with Crippen molar-refractivity contribution in [1.29, 1.82) is 0 Å². The van der Waals surface area contributed by atoms with Crippen molar-refractivity contribution in [2.24, 2.45) is 0 Å². The molecule has 2 aromatic rings. The third kappa shape index (κ3) is 3.55. The van der Waals surface area contributed by atoms with Gasteiger partial charge in [0.2, 0.25) is 12.2 Å². The highest BCUT2D eigenvalue weighted by Crippen LogP contribution is 2.20. The Morgan fingerprint density at radius 3 is 1.40 bits per heavy atom. The van der Waals surface area contributed by atoms with E-state index in [1.807, 2.05) is 0 Å². The van der Waals surface area contributed by atoms with Crippen LogP contribution in [0.5, 0.6) is 0 Å². The van der Waals surface area contributed by atoms with Crippen LogP contribution in [-0.4, -0.2) is 36.1 Å². The summed E-state index contributed by atoms with van der Waals surface area (Å²) in [7, 11) is 0. The van der Waals surface area contributed by atoms with E-state index in [-0.39, 0.29) is 11.1 Å². The minimum absolute atomic E-state index is 0.183. The monoisotopic (exact) mass is 340 g/mol. The Morgan fingerprint density at radius 1 is 0.680 bits per heavy atom. The fourth-order valence-electron chi connectivity index (χ4n) is 2.20. The normalized spacial score (nSPS) is 19.2. The Hall–Kier alpha value is -3.48. The number of cyclic esters (lactones) is 2. The van der Waals surface area contributed by atoms with Gasteiger partial charge in [-0.1, -0.05) is 36.4 Å². The summed E-state index contributed by atoms with van der Waals surface area (Å²) in [6, 6.07) is 15.8. The third-order valence-corrected chi connectivity index (χ3v) is 3.43. The van der Waals surface area contributed by atoms with E-state index in [0.29, 0.717) is 0 Å². The Kier molecular flexibility index (Phi) is 4.56. The van der Waals surface area contributed by atoms with Crippen LogP contribution in [0.2, 0.25) is 0 Å². The number of benzene rings is 2. The highest BCUT2D eigenvalue weighted by Gasteiger charge is 2.50. The molecule has 0 radical (unpaired) electrons. The molecule has 7 heteroatoms. The van der Waals surface area contributed by atoms with Gasteiger partial charge in [0.05, 0.1) is 11.1 Å². The zero-order valence-electron chi connectivity index (χ0n) is 12.8. The third-order valence-electron chi connectivity index (χ3n) is 3.43. The largest absolute Gasteiger partial charge is 0.442 e. The molecule has 0 aliphatic carbocycles. The first-order chi connectivity index (χ1) is 12.1. The summed E-state index contributed by atoms with van der Waals surface area (Å²) in [4.78, 5) is 47.7. The Morgan fingerprint density at radius 2 is 1.04 bits per heavy atom. The standard InChI is InChI=1S/C18H12O7/c19-15(11-7-3-1-4-8-11)23-13-14(18(22)25-17(13)21)24-16(20)12-9-5-2-6-10-12/h1-10,13-14H/t13-,14-/m1/s1. The van der Waals surface area contributed by atoms with Crippen LogP contribution in [0.25, 0.3) is 0 Å². The van der Waals surface area contributed by atoms with Gasteiger partial charge in [-0.25, -0.2) is 19.2 Å². The van der Waals surface area contributed by atoms with Crippen LogP contribution in [0.3, 0.4) is 0 Å². The molecule has 0 amide bonds. The maximum absolute atomic E-state index is 12.1. The van der Waals surface area contributed by atoms with Crippen LogP contribution in [0.15, 0.2) is 60.7 Å². The van der Waals surface area contributed by atoms with Crippen LogP contribution >= 0.6 is 0 Å². The average Bonchev–Trinajstić information content (AvgIpc) is 2.90. The molecule has 1 fully saturated rings. The highest BCUT2D eigenvalue weighted by atomic mass is 16.7. The van der Waals surface area contributed by atoms with Crippen LogP contribution in [-0.2, 0) is 23.8 Å². The molecule has 126 valence electrons. The molecular weight excluding hydrogens is 328 g/mol. The van der Waals surface area contributed by atoms with Gasteiger partial charge >= 0.3 is 23.9 Å². The maximum atomic E-state index is 12.1. The molecule has 1 aliphatic heterocycles. The molecule has 2 aromatic carbocycles. The minimum atomic E-state index is -1.65. The molecule has 3 rings (SSSR count). The lowest BCUT2D eigenvalue weighted by Gasteiger charge is -2.15. The van der Waals surface area contributed by atoms with E-state index in [4.69, 9.17) is 9.47 Å². The first-order valence-electron chi connectivity index (χ1n) is 7.34. The molecule has 0 aromatic heterocycles. The van der Waals surface area contributed by atoms with Gasteiger partial charge in [-0.3, -0.25) is 0 Å². The lowest BCUT2D eigenvalue weighted by atomic mass is 10.2. The Balaban J connectivity index is 1.75. The first kappa shape index (κ1) is 16.4. The smallest absolute Gasteiger partial charge is 0.359 e. The van der Waals surface area contributed by atoms with Gasteiger partial charge in [0, 0.05) is 0 Å². The van der Waals surface area contributed by atoms with Gasteiger partial charge in [0.15, 0.2) is 0 Å². The lowest BCUT2D eigenvalue weighted by molar-refractivity contribution is -0.155. The van der Waals surface area contributed by atoms with Crippen molar-refractivity contribution >= 4 is 23.9 Å². The average molecular weight is 340 g/mol. The maximum Gasteiger partial charge on any atom is 0.359 e. The highest BCUT2D eigenvalue weighted by molar-refractivity contribution is 6.03. The predicted molar refractivity (Wildman–Crippen MR) is 82.4 cm³/mol. The molecular formula is C18H12O7. The van der Waals surface area contributed by atoms with Gasteiger partial charge in [0.25, 0.3) is 0 Å². The summed E-state index contributed by atoms with van der Waals surface area (Å²) < 4.78 is 14.5. The second-order valence-electron chi connectivity index (χ2n) is 5.12. The van der Waals surface area contributed by atoms with E-state index in [0.717, 1.165) is 0 Å². The van der Waals surface area contributed by atoms with Crippen LogP contribution in [0, 0.1) is 0 Å². The van der Waals surface area contributed by atoms with Crippen molar-refractivity contribution in [1.82, 2.24) is 0 Å². The van der Waals surface area contributed by atoms with Gasteiger partial charge in [0.1, 0.15) is 0 Å². The molecule has 2 atom stereocenters. The second-order valence-corrected chi connectivity index (χ2v) is 5.12. The van der Waals surface area contributed by atoms with Gasteiger partial charge in [-0.2, -0.15) is 0 Å². The fourth-order valence-corrected chi connectivity index (χ4v) is 2.20. The van der Waals surface area contributed by atoms with Crippen molar-refractivity contribution in [3.63, 3.8) is 0 Å². The molecule has 0 bridgehead atoms. The number of rotatable bonds is 4. The number of carbonyl (C=O) groups excluding carboxylic acids is 4. The number of hydrogen-bond acceptors (Lipinski definition) is 7. The molecule has 0 unspecified atom stereocenters. The quantitative estimate of drug-likeness (QED) is 0.473. The van der Waals surface area contributed by atoms with Crippen molar-refractivity contribution in [3.05, 3.63) is 71.8 Å². The van der Waals surface area contributed by atoms with E-state index in [2.05, 4.69) is 4.74 Å². The van der Waals surface area contributed by atoms with Crippen LogP contribution in [0.4, 0.5) is 0 Å².